The van der Waals surface area contributed by atoms with Gasteiger partial charge in [-0.1, -0.05) is 35.5 Å². The number of rotatable bonds is 6. The molecule has 0 saturated carbocycles. The first-order chi connectivity index (χ1) is 11.2. The molecule has 0 N–H and O–H groups in total. The third kappa shape index (κ3) is 3.96. The van der Waals surface area contributed by atoms with Crippen LogP contribution in [0.25, 0.3) is 0 Å². The summed E-state index contributed by atoms with van der Waals surface area (Å²) < 4.78 is 10.6. The maximum atomic E-state index is 12.4. The molecule has 1 aromatic heterocycles. The highest BCUT2D eigenvalue weighted by molar-refractivity contribution is 5.78. The van der Waals surface area contributed by atoms with Crippen LogP contribution in [0, 0.1) is 6.92 Å². The molecule has 2 heterocycles. The highest BCUT2D eigenvalue weighted by Gasteiger charge is 2.32. The molecule has 23 heavy (non-hydrogen) atoms. The molecule has 3 rings (SSSR count). The molecule has 1 saturated heterocycles. The predicted molar refractivity (Wildman–Crippen MR) is 83.7 cm³/mol. The second kappa shape index (κ2) is 7.37. The van der Waals surface area contributed by atoms with Crippen molar-refractivity contribution < 1.29 is 14.1 Å². The van der Waals surface area contributed by atoms with Crippen LogP contribution in [-0.2, 0) is 16.0 Å². The van der Waals surface area contributed by atoms with E-state index in [2.05, 4.69) is 22.3 Å². The molecular weight excluding hydrogens is 294 g/mol. The van der Waals surface area contributed by atoms with E-state index in [1.807, 2.05) is 18.2 Å². The van der Waals surface area contributed by atoms with Crippen molar-refractivity contribution in [3.05, 3.63) is 47.6 Å². The van der Waals surface area contributed by atoms with Gasteiger partial charge in [0.25, 0.3) is 0 Å². The predicted octanol–water partition coefficient (Wildman–Crippen LogP) is 2.30. The van der Waals surface area contributed by atoms with Crippen LogP contribution >= 0.6 is 0 Å². The fourth-order valence-electron chi connectivity index (χ4n) is 2.86. The van der Waals surface area contributed by atoms with Crippen molar-refractivity contribution in [2.75, 3.05) is 19.8 Å². The lowest BCUT2D eigenvalue weighted by molar-refractivity contribution is -0.137. The number of carbonyl (C=O) groups excluding carboxylic acids is 1. The minimum Gasteiger partial charge on any atom is -0.371 e. The molecule has 6 heteroatoms. The fourth-order valence-corrected chi connectivity index (χ4v) is 2.86. The summed E-state index contributed by atoms with van der Waals surface area (Å²) in [5.74, 6) is 1.11. The fraction of sp³-hybridized carbons (Fsp3) is 0.471. The Kier molecular flexibility index (Phi) is 5.02. The number of likely N-dealkylation sites (tertiary alicyclic amines) is 1. The number of carbonyl (C=O) groups is 1. The topological polar surface area (TPSA) is 68.5 Å². The van der Waals surface area contributed by atoms with Crippen molar-refractivity contribution in [3.63, 3.8) is 0 Å². The lowest BCUT2D eigenvalue weighted by Crippen LogP contribution is -2.34. The van der Waals surface area contributed by atoms with Crippen molar-refractivity contribution in [1.82, 2.24) is 15.0 Å². The van der Waals surface area contributed by atoms with Gasteiger partial charge < -0.3 is 14.2 Å². The maximum absolute atomic E-state index is 12.4. The largest absolute Gasteiger partial charge is 0.371 e. The monoisotopic (exact) mass is 315 g/mol. The summed E-state index contributed by atoms with van der Waals surface area (Å²) >= 11 is 0. The van der Waals surface area contributed by atoms with Crippen LogP contribution in [0.15, 0.2) is 34.9 Å². The highest BCUT2D eigenvalue weighted by atomic mass is 16.5. The Morgan fingerprint density at radius 1 is 1.39 bits per heavy atom. The number of amides is 1. The highest BCUT2D eigenvalue weighted by Crippen LogP contribution is 2.30. The Morgan fingerprint density at radius 3 is 2.96 bits per heavy atom. The lowest BCUT2D eigenvalue weighted by atomic mass is 10.2. The third-order valence-electron chi connectivity index (χ3n) is 4.02. The molecule has 0 spiro atoms. The molecule has 6 nitrogen and oxygen atoms in total. The summed E-state index contributed by atoms with van der Waals surface area (Å²) in [6.45, 7) is 3.11. The van der Waals surface area contributed by atoms with Crippen molar-refractivity contribution in [2.24, 2.45) is 0 Å². The van der Waals surface area contributed by atoms with E-state index in [4.69, 9.17) is 9.26 Å². The zero-order valence-electron chi connectivity index (χ0n) is 13.3. The molecule has 0 bridgehead atoms. The SMILES string of the molecule is Cc1nc([C@@H]2CCCN2C(=O)COCCc2ccccc2)no1. The summed E-state index contributed by atoms with van der Waals surface area (Å²) in [4.78, 5) is 18.4. The van der Waals surface area contributed by atoms with Gasteiger partial charge in [0, 0.05) is 13.5 Å². The Morgan fingerprint density at radius 2 is 2.22 bits per heavy atom. The van der Waals surface area contributed by atoms with E-state index < -0.39 is 0 Å². The third-order valence-corrected chi connectivity index (χ3v) is 4.02. The van der Waals surface area contributed by atoms with E-state index in [-0.39, 0.29) is 18.6 Å². The summed E-state index contributed by atoms with van der Waals surface area (Å²) in [5.41, 5.74) is 1.21. The van der Waals surface area contributed by atoms with Gasteiger partial charge in [-0.05, 0) is 24.8 Å². The number of ether oxygens (including phenoxy) is 1. The molecule has 1 aliphatic rings. The summed E-state index contributed by atoms with van der Waals surface area (Å²) in [7, 11) is 0. The lowest BCUT2D eigenvalue weighted by Gasteiger charge is -2.22. The van der Waals surface area contributed by atoms with E-state index in [9.17, 15) is 4.79 Å². The molecule has 1 fully saturated rings. The summed E-state index contributed by atoms with van der Waals surface area (Å²) in [6.07, 6.45) is 2.63. The molecule has 1 amide bonds. The standard InChI is InChI=1S/C17H21N3O3/c1-13-18-17(19-23-13)15-8-5-10-20(15)16(21)12-22-11-9-14-6-3-2-4-7-14/h2-4,6-7,15H,5,8-12H2,1H3/t15-/m0/s1. The zero-order valence-corrected chi connectivity index (χ0v) is 13.3. The molecule has 0 radical (unpaired) electrons. The normalized spacial score (nSPS) is 17.6. The molecule has 122 valence electrons. The first-order valence-electron chi connectivity index (χ1n) is 7.95. The van der Waals surface area contributed by atoms with Gasteiger partial charge in [-0.3, -0.25) is 4.79 Å². The Balaban J connectivity index is 1.47. The van der Waals surface area contributed by atoms with Crippen molar-refractivity contribution >= 4 is 5.91 Å². The summed E-state index contributed by atoms with van der Waals surface area (Å²) in [6, 6.07) is 10.0. The number of hydrogen-bond acceptors (Lipinski definition) is 5. The van der Waals surface area contributed by atoms with Gasteiger partial charge in [-0.25, -0.2) is 0 Å². The van der Waals surface area contributed by atoms with E-state index in [1.165, 1.54) is 5.56 Å². The Bertz CT molecular complexity index is 642. The average Bonchev–Trinajstić information content (AvgIpc) is 3.21. The van der Waals surface area contributed by atoms with Crippen LogP contribution in [0.1, 0.15) is 36.2 Å². The Labute approximate surface area is 135 Å². The first kappa shape index (κ1) is 15.7. The van der Waals surface area contributed by atoms with E-state index in [1.54, 1.807) is 11.8 Å². The van der Waals surface area contributed by atoms with Crippen molar-refractivity contribution in [1.29, 1.82) is 0 Å². The molecule has 1 aliphatic heterocycles. The quantitative estimate of drug-likeness (QED) is 0.765. The second-order valence-electron chi connectivity index (χ2n) is 5.70. The maximum Gasteiger partial charge on any atom is 0.249 e. The Hall–Kier alpha value is -2.21. The average molecular weight is 315 g/mol. The number of aryl methyl sites for hydroxylation is 1. The van der Waals surface area contributed by atoms with Gasteiger partial charge in [0.1, 0.15) is 6.61 Å². The number of aromatic nitrogens is 2. The minimum absolute atomic E-state index is 0.0111. The number of nitrogens with zero attached hydrogens (tertiary/aromatic N) is 3. The number of benzene rings is 1. The zero-order chi connectivity index (χ0) is 16.1. The number of hydrogen-bond donors (Lipinski definition) is 0. The van der Waals surface area contributed by atoms with Crippen molar-refractivity contribution in [2.45, 2.75) is 32.2 Å². The molecule has 0 unspecified atom stereocenters. The van der Waals surface area contributed by atoms with Crippen LogP contribution in [0.5, 0.6) is 0 Å². The van der Waals surface area contributed by atoms with Crippen LogP contribution in [0.4, 0.5) is 0 Å². The molecule has 1 atom stereocenters. The van der Waals surface area contributed by atoms with Crippen LogP contribution in [0.3, 0.4) is 0 Å². The van der Waals surface area contributed by atoms with Crippen molar-refractivity contribution in [3.8, 4) is 0 Å². The van der Waals surface area contributed by atoms with Gasteiger partial charge >= 0.3 is 0 Å². The molecular formula is C17H21N3O3. The molecule has 1 aromatic carbocycles. The smallest absolute Gasteiger partial charge is 0.249 e. The molecule has 2 aromatic rings. The minimum atomic E-state index is -0.0855. The van der Waals surface area contributed by atoms with E-state index in [0.29, 0.717) is 18.3 Å². The summed E-state index contributed by atoms with van der Waals surface area (Å²) in [5, 5.41) is 3.95. The van der Waals surface area contributed by atoms with Gasteiger partial charge in [0.15, 0.2) is 5.82 Å². The van der Waals surface area contributed by atoms with Gasteiger partial charge in [0.2, 0.25) is 11.8 Å². The van der Waals surface area contributed by atoms with Gasteiger partial charge in [-0.2, -0.15) is 4.98 Å². The van der Waals surface area contributed by atoms with E-state index in [0.717, 1.165) is 25.8 Å². The van der Waals surface area contributed by atoms with Crippen LogP contribution in [-0.4, -0.2) is 40.7 Å². The van der Waals surface area contributed by atoms with Gasteiger partial charge in [0.05, 0.1) is 12.6 Å². The van der Waals surface area contributed by atoms with Crippen LogP contribution < -0.4 is 0 Å². The second-order valence-corrected chi connectivity index (χ2v) is 5.70. The molecule has 0 aliphatic carbocycles. The van der Waals surface area contributed by atoms with E-state index >= 15 is 0 Å². The first-order valence-corrected chi connectivity index (χ1v) is 7.95. The van der Waals surface area contributed by atoms with Crippen LogP contribution in [0.2, 0.25) is 0 Å². The van der Waals surface area contributed by atoms with Gasteiger partial charge in [-0.15, -0.1) is 0 Å².